The minimum Gasteiger partial charge on any atom is -0.489 e. The second kappa shape index (κ2) is 15.5. The SMILES string of the molecule is O=[N+]([O-])c1cc([N+](=O)[O-])c(Nc2ccccc2OCC2COCCOCCOCCOCCO2)c([N+](=O)[O-])c1. The molecule has 1 unspecified atom stereocenters. The number of ether oxygens (including phenoxy) is 6. The van der Waals surface area contributed by atoms with Crippen LogP contribution in [0.15, 0.2) is 36.4 Å². The maximum atomic E-state index is 11.6. The van der Waals surface area contributed by atoms with Gasteiger partial charge < -0.3 is 33.7 Å². The molecule has 39 heavy (non-hydrogen) atoms. The second-order valence-electron chi connectivity index (χ2n) is 7.97. The number of hydrogen-bond donors (Lipinski definition) is 1. The number of hydrogen-bond acceptors (Lipinski definition) is 13. The number of nitrogens with one attached hydrogen (secondary N) is 1. The first-order chi connectivity index (χ1) is 18.9. The molecular weight excluding hydrogens is 524 g/mol. The highest BCUT2D eigenvalue weighted by molar-refractivity contribution is 5.82. The Balaban J connectivity index is 1.76. The number of para-hydroxylation sites is 2. The largest absolute Gasteiger partial charge is 0.489 e. The Hall–Kier alpha value is -3.96. The summed E-state index contributed by atoms with van der Waals surface area (Å²) in [6, 6.07) is 7.57. The lowest BCUT2D eigenvalue weighted by atomic mass is 10.2. The van der Waals surface area contributed by atoms with Crippen LogP contribution in [0.1, 0.15) is 0 Å². The van der Waals surface area contributed by atoms with Gasteiger partial charge in [-0.15, -0.1) is 0 Å². The summed E-state index contributed by atoms with van der Waals surface area (Å²) in [4.78, 5) is 31.6. The monoisotopic (exact) mass is 552 g/mol. The summed E-state index contributed by atoms with van der Waals surface area (Å²) >= 11 is 0. The first-order valence-electron chi connectivity index (χ1n) is 11.9. The van der Waals surface area contributed by atoms with Gasteiger partial charge in [0.05, 0.1) is 92.1 Å². The molecule has 0 radical (unpaired) electrons. The average Bonchev–Trinajstić information content (AvgIpc) is 2.92. The van der Waals surface area contributed by atoms with Crippen LogP contribution in [0.3, 0.4) is 0 Å². The number of anilines is 2. The third-order valence-corrected chi connectivity index (χ3v) is 5.26. The van der Waals surface area contributed by atoms with Gasteiger partial charge in [0.15, 0.2) is 5.69 Å². The van der Waals surface area contributed by atoms with Crippen LogP contribution in [-0.2, 0) is 23.7 Å². The summed E-state index contributed by atoms with van der Waals surface area (Å²) in [6.45, 7) is 3.17. The number of nitro groups is 3. The van der Waals surface area contributed by atoms with Crippen LogP contribution >= 0.6 is 0 Å². The van der Waals surface area contributed by atoms with E-state index < -0.39 is 43.6 Å². The zero-order valence-corrected chi connectivity index (χ0v) is 20.9. The fourth-order valence-electron chi connectivity index (χ4n) is 3.42. The molecule has 1 N–H and O–H groups in total. The molecule has 2 aromatic rings. The van der Waals surface area contributed by atoms with E-state index in [0.29, 0.717) is 58.4 Å². The lowest BCUT2D eigenvalue weighted by molar-refractivity contribution is -0.401. The third-order valence-electron chi connectivity index (χ3n) is 5.26. The summed E-state index contributed by atoms with van der Waals surface area (Å²) in [5.74, 6) is 0.204. The van der Waals surface area contributed by atoms with Crippen molar-refractivity contribution in [2.75, 3.05) is 71.4 Å². The Morgan fingerprint density at radius 2 is 1.31 bits per heavy atom. The molecule has 0 bridgehead atoms. The molecule has 0 aliphatic carbocycles. The van der Waals surface area contributed by atoms with E-state index in [1.54, 1.807) is 18.2 Å². The van der Waals surface area contributed by atoms with Gasteiger partial charge >= 0.3 is 11.4 Å². The lowest BCUT2D eigenvalue weighted by Gasteiger charge is -2.20. The van der Waals surface area contributed by atoms with Gasteiger partial charge in [-0.05, 0) is 12.1 Å². The Morgan fingerprint density at radius 1 is 0.769 bits per heavy atom. The van der Waals surface area contributed by atoms with E-state index in [2.05, 4.69) is 5.32 Å². The van der Waals surface area contributed by atoms with Gasteiger partial charge in [-0.1, -0.05) is 12.1 Å². The normalized spacial score (nSPS) is 17.8. The van der Waals surface area contributed by atoms with Crippen molar-refractivity contribution in [3.05, 3.63) is 66.7 Å². The van der Waals surface area contributed by atoms with Crippen molar-refractivity contribution < 1.29 is 43.2 Å². The van der Waals surface area contributed by atoms with E-state index in [0.717, 1.165) is 0 Å². The highest BCUT2D eigenvalue weighted by Gasteiger charge is 2.31. The first-order valence-corrected chi connectivity index (χ1v) is 11.9. The molecule has 1 atom stereocenters. The number of rotatable bonds is 8. The van der Waals surface area contributed by atoms with E-state index in [9.17, 15) is 30.3 Å². The molecule has 1 aliphatic heterocycles. The van der Waals surface area contributed by atoms with E-state index >= 15 is 0 Å². The van der Waals surface area contributed by atoms with E-state index in [1.165, 1.54) is 6.07 Å². The van der Waals surface area contributed by atoms with Crippen molar-refractivity contribution in [2.45, 2.75) is 6.10 Å². The molecule has 1 saturated heterocycles. The fraction of sp³-hybridized carbons (Fsp3) is 0.478. The standard InChI is InChI=1S/C23H28N4O12/c28-25(29)17-13-20(26(30)31)23(21(14-17)27(32)33)24-19-3-1-2-4-22(19)39-16-18-15-37-10-9-35-6-5-34-7-8-36-11-12-38-18/h1-4,13-14,18,24H,5-12,15-16H2. The van der Waals surface area contributed by atoms with Crippen molar-refractivity contribution >= 4 is 28.4 Å². The van der Waals surface area contributed by atoms with Crippen LogP contribution < -0.4 is 10.1 Å². The predicted molar refractivity (Wildman–Crippen MR) is 135 cm³/mol. The molecule has 0 saturated carbocycles. The Kier molecular flexibility index (Phi) is 11.7. The van der Waals surface area contributed by atoms with Gasteiger partial charge in [-0.2, -0.15) is 0 Å². The molecule has 0 amide bonds. The van der Waals surface area contributed by atoms with Crippen molar-refractivity contribution in [1.82, 2.24) is 0 Å². The number of nitrogens with zero attached hydrogens (tertiary/aromatic N) is 3. The Bertz CT molecular complexity index is 1080. The molecule has 212 valence electrons. The smallest absolute Gasteiger partial charge is 0.306 e. The van der Waals surface area contributed by atoms with Gasteiger partial charge in [0.2, 0.25) is 0 Å². The predicted octanol–water partition coefficient (Wildman–Crippen LogP) is 3.00. The van der Waals surface area contributed by atoms with Crippen molar-refractivity contribution in [3.63, 3.8) is 0 Å². The van der Waals surface area contributed by atoms with Crippen LogP contribution in [-0.4, -0.2) is 86.9 Å². The summed E-state index contributed by atoms with van der Waals surface area (Å²) in [7, 11) is 0. The molecule has 3 rings (SSSR count). The summed E-state index contributed by atoms with van der Waals surface area (Å²) < 4.78 is 33.6. The maximum absolute atomic E-state index is 11.6. The highest BCUT2D eigenvalue weighted by Crippen LogP contribution is 2.41. The molecule has 0 aromatic heterocycles. The molecule has 1 aliphatic rings. The van der Waals surface area contributed by atoms with Gasteiger partial charge in [-0.3, -0.25) is 30.3 Å². The molecular formula is C23H28N4O12. The van der Waals surface area contributed by atoms with E-state index in [-0.39, 0.29) is 31.3 Å². The number of nitro benzene ring substituents is 3. The highest BCUT2D eigenvalue weighted by atomic mass is 16.6. The summed E-state index contributed by atoms with van der Waals surface area (Å²) in [5, 5.41) is 37.1. The van der Waals surface area contributed by atoms with Crippen molar-refractivity contribution in [1.29, 1.82) is 0 Å². The van der Waals surface area contributed by atoms with Crippen LogP contribution in [0.2, 0.25) is 0 Å². The third kappa shape index (κ3) is 9.38. The fourth-order valence-corrected chi connectivity index (χ4v) is 3.42. The second-order valence-corrected chi connectivity index (χ2v) is 7.97. The zero-order valence-electron chi connectivity index (χ0n) is 20.9. The van der Waals surface area contributed by atoms with E-state index in [1.807, 2.05) is 0 Å². The van der Waals surface area contributed by atoms with Gasteiger partial charge in [-0.25, -0.2) is 0 Å². The Labute approximate surface area is 222 Å². The minimum atomic E-state index is -0.943. The first kappa shape index (κ1) is 29.6. The van der Waals surface area contributed by atoms with Crippen LogP contribution in [0.25, 0.3) is 0 Å². The Morgan fingerprint density at radius 3 is 1.87 bits per heavy atom. The summed E-state index contributed by atoms with van der Waals surface area (Å²) in [6.07, 6.45) is -0.522. The summed E-state index contributed by atoms with van der Waals surface area (Å²) in [5.41, 5.74) is -2.82. The van der Waals surface area contributed by atoms with Gasteiger partial charge in [0.1, 0.15) is 18.5 Å². The quantitative estimate of drug-likeness (QED) is 0.371. The van der Waals surface area contributed by atoms with Crippen molar-refractivity contribution in [3.8, 4) is 5.75 Å². The average molecular weight is 552 g/mol. The molecule has 1 heterocycles. The molecule has 16 heteroatoms. The minimum absolute atomic E-state index is 0.00705. The molecule has 16 nitrogen and oxygen atoms in total. The van der Waals surface area contributed by atoms with Gasteiger partial charge in [0, 0.05) is 0 Å². The topological polar surface area (TPSA) is 197 Å². The van der Waals surface area contributed by atoms with Crippen LogP contribution in [0.5, 0.6) is 5.75 Å². The number of benzene rings is 2. The van der Waals surface area contributed by atoms with Crippen LogP contribution in [0, 0.1) is 30.3 Å². The van der Waals surface area contributed by atoms with Crippen LogP contribution in [0.4, 0.5) is 28.4 Å². The number of non-ortho nitro benzene ring substituents is 1. The molecule has 2 aromatic carbocycles. The van der Waals surface area contributed by atoms with E-state index in [4.69, 9.17) is 28.4 Å². The van der Waals surface area contributed by atoms with Gasteiger partial charge in [0.25, 0.3) is 5.69 Å². The molecule has 0 spiro atoms. The zero-order chi connectivity index (χ0) is 28.0. The lowest BCUT2D eigenvalue weighted by Crippen LogP contribution is -2.29. The maximum Gasteiger partial charge on any atom is 0.306 e. The van der Waals surface area contributed by atoms with Crippen molar-refractivity contribution in [2.24, 2.45) is 0 Å². The molecule has 1 fully saturated rings.